The average Bonchev–Trinajstić information content (AvgIpc) is 4.02. The van der Waals surface area contributed by atoms with Crippen LogP contribution in [0.15, 0.2) is 173 Å². The van der Waals surface area contributed by atoms with Gasteiger partial charge in [-0.25, -0.2) is 4.98 Å². The van der Waals surface area contributed by atoms with Gasteiger partial charge in [-0.1, -0.05) is 145 Å². The van der Waals surface area contributed by atoms with E-state index in [2.05, 4.69) is 113 Å². The maximum atomic E-state index is 12.4. The lowest BCUT2D eigenvalue weighted by Gasteiger charge is -2.27. The van der Waals surface area contributed by atoms with E-state index < -0.39 is 6.85 Å². The largest absolute Gasteiger partial charge is 0.507 e. The Balaban J connectivity index is 1.09. The van der Waals surface area contributed by atoms with Crippen LogP contribution in [0, 0.1) is 6.85 Å². The number of phenols is 1. The van der Waals surface area contributed by atoms with Crippen LogP contribution in [0.25, 0.3) is 106 Å². The van der Waals surface area contributed by atoms with E-state index in [1.165, 1.54) is 0 Å². The predicted molar refractivity (Wildman–Crippen MR) is 267 cm³/mol. The molecular formula is C59H49N3O3. The monoisotopic (exact) mass is 850 g/mol. The SMILES string of the molecule is [2H]C([2H])([2H])c1c(-c2ccc3oc4ccccc4c3c2)oc2cnc(-c3cccc(-c4cccc5c4nc(-c4cc(C(C)(C)C)cc(C(C)(C)C)c4O)n5-c4ccccc4-c4ccccc4)c3)cc12. The highest BCUT2D eigenvalue weighted by Gasteiger charge is 2.29. The standard InChI is InChI=1S/C59H49N3O3/c1-35-44-33-48(60-34-53(44)65-56(35)39-27-28-52-45(30-39)43-22-12-14-26-51(43)64-52)38-20-15-19-37(29-38)42-23-16-25-50-54(42)61-57(46-31-40(58(2,3)4)32-47(55(46)63)59(5,6)7)62(50)49-24-13-11-21-41(49)36-17-9-8-10-18-36/h8-34,63H,1-7H3/i1D3. The van der Waals surface area contributed by atoms with Gasteiger partial charge in [0.15, 0.2) is 5.58 Å². The third kappa shape index (κ3) is 6.80. The van der Waals surface area contributed by atoms with E-state index in [0.29, 0.717) is 39.2 Å². The van der Waals surface area contributed by atoms with Gasteiger partial charge in [-0.05, 0) is 89.0 Å². The van der Waals surface area contributed by atoms with Crippen molar-refractivity contribution in [1.29, 1.82) is 0 Å². The van der Waals surface area contributed by atoms with Crippen molar-refractivity contribution in [3.05, 3.63) is 181 Å². The molecule has 0 saturated carbocycles. The van der Waals surface area contributed by atoms with E-state index in [0.717, 1.165) is 72.0 Å². The summed E-state index contributed by atoms with van der Waals surface area (Å²) in [6, 6.07) is 52.5. The molecule has 65 heavy (non-hydrogen) atoms. The molecule has 0 aliphatic heterocycles. The molecule has 6 nitrogen and oxygen atoms in total. The summed E-state index contributed by atoms with van der Waals surface area (Å²) >= 11 is 0. The minimum atomic E-state index is -2.49. The van der Waals surface area contributed by atoms with Gasteiger partial charge >= 0.3 is 0 Å². The molecule has 0 spiro atoms. The first-order valence-corrected chi connectivity index (χ1v) is 22.0. The Morgan fingerprint density at radius 1 is 0.554 bits per heavy atom. The van der Waals surface area contributed by atoms with Crippen LogP contribution in [0.3, 0.4) is 0 Å². The summed E-state index contributed by atoms with van der Waals surface area (Å²) in [4.78, 5) is 10.4. The molecule has 0 aliphatic rings. The van der Waals surface area contributed by atoms with Gasteiger partial charge in [0.1, 0.15) is 28.5 Å². The van der Waals surface area contributed by atoms with Crippen molar-refractivity contribution >= 4 is 43.9 Å². The number of imidazole rings is 1. The molecule has 11 rings (SSSR count). The van der Waals surface area contributed by atoms with Crippen LogP contribution >= 0.6 is 0 Å². The molecule has 0 saturated heterocycles. The lowest BCUT2D eigenvalue weighted by atomic mass is 9.79. The highest BCUT2D eigenvalue weighted by Crippen LogP contribution is 2.46. The predicted octanol–water partition coefficient (Wildman–Crippen LogP) is 16.0. The van der Waals surface area contributed by atoms with Crippen LogP contribution in [-0.4, -0.2) is 19.6 Å². The van der Waals surface area contributed by atoms with Crippen molar-refractivity contribution in [3.8, 4) is 67.7 Å². The number of rotatable bonds is 6. The summed E-state index contributed by atoms with van der Waals surface area (Å²) in [5.41, 5.74) is 12.5. The van der Waals surface area contributed by atoms with Gasteiger partial charge in [0.2, 0.25) is 0 Å². The molecule has 4 aromatic heterocycles. The van der Waals surface area contributed by atoms with Gasteiger partial charge in [-0.15, -0.1) is 0 Å². The Bertz CT molecular complexity index is 3770. The highest BCUT2D eigenvalue weighted by molar-refractivity contribution is 6.06. The molecule has 0 aliphatic carbocycles. The molecule has 0 atom stereocenters. The number of aromatic nitrogens is 3. The van der Waals surface area contributed by atoms with Crippen molar-refractivity contribution in [2.75, 3.05) is 0 Å². The number of hydrogen-bond acceptors (Lipinski definition) is 5. The fourth-order valence-corrected chi connectivity index (χ4v) is 9.17. The van der Waals surface area contributed by atoms with Crippen molar-refractivity contribution in [2.45, 2.75) is 59.2 Å². The minimum Gasteiger partial charge on any atom is -0.507 e. The van der Waals surface area contributed by atoms with Crippen molar-refractivity contribution < 1.29 is 18.1 Å². The molecule has 4 heterocycles. The Morgan fingerprint density at radius 2 is 1.28 bits per heavy atom. The Morgan fingerprint density at radius 3 is 2.09 bits per heavy atom. The second kappa shape index (κ2) is 15.0. The molecule has 0 fully saturated rings. The molecular weight excluding hydrogens is 799 g/mol. The number of benzene rings is 7. The molecule has 1 N–H and O–H groups in total. The topological polar surface area (TPSA) is 77.2 Å². The fraction of sp³-hybridized carbons (Fsp3) is 0.153. The van der Waals surface area contributed by atoms with Crippen LogP contribution in [0.2, 0.25) is 0 Å². The first-order valence-electron chi connectivity index (χ1n) is 23.5. The molecule has 0 unspecified atom stereocenters. The third-order valence-corrected chi connectivity index (χ3v) is 12.6. The summed E-state index contributed by atoms with van der Waals surface area (Å²) in [6.45, 7) is 10.5. The van der Waals surface area contributed by atoms with Gasteiger partial charge in [0, 0.05) is 53.7 Å². The number of fused-ring (bicyclic) bond motifs is 5. The van der Waals surface area contributed by atoms with Crippen LogP contribution in [-0.2, 0) is 10.8 Å². The lowest BCUT2D eigenvalue weighted by Crippen LogP contribution is -2.17. The lowest BCUT2D eigenvalue weighted by molar-refractivity contribution is 0.446. The zero-order valence-electron chi connectivity index (χ0n) is 40.2. The van der Waals surface area contributed by atoms with E-state index in [1.54, 1.807) is 6.20 Å². The number of aromatic hydroxyl groups is 1. The first-order chi connectivity index (χ1) is 32.5. The number of furan rings is 2. The molecule has 0 bridgehead atoms. The van der Waals surface area contributed by atoms with Crippen molar-refractivity contribution in [1.82, 2.24) is 14.5 Å². The number of nitrogens with zero attached hydrogens (tertiary/aromatic N) is 3. The number of phenolic OH excluding ortho intramolecular Hbond substituents is 1. The normalized spacial score (nSPS) is 13.2. The van der Waals surface area contributed by atoms with E-state index in [4.69, 9.17) is 22.9 Å². The summed E-state index contributed by atoms with van der Waals surface area (Å²) in [7, 11) is 0. The average molecular weight is 851 g/mol. The van der Waals surface area contributed by atoms with Gasteiger partial charge in [0.25, 0.3) is 0 Å². The van der Waals surface area contributed by atoms with E-state index in [-0.39, 0.29) is 27.9 Å². The zero-order valence-corrected chi connectivity index (χ0v) is 37.2. The van der Waals surface area contributed by atoms with Gasteiger partial charge in [-0.2, -0.15) is 0 Å². The van der Waals surface area contributed by atoms with Crippen molar-refractivity contribution in [3.63, 3.8) is 0 Å². The Hall–Kier alpha value is -7.70. The summed E-state index contributed by atoms with van der Waals surface area (Å²) in [5.74, 6) is 1.11. The van der Waals surface area contributed by atoms with Gasteiger partial charge in [0.05, 0.1) is 34.2 Å². The Kier molecular flexibility index (Phi) is 8.45. The van der Waals surface area contributed by atoms with Crippen molar-refractivity contribution in [2.24, 2.45) is 0 Å². The maximum Gasteiger partial charge on any atom is 0.153 e. The van der Waals surface area contributed by atoms with Gasteiger partial charge in [-0.3, -0.25) is 9.55 Å². The first kappa shape index (κ1) is 36.8. The summed E-state index contributed by atoms with van der Waals surface area (Å²) in [5, 5.41) is 14.7. The molecule has 6 heteroatoms. The molecule has 0 radical (unpaired) electrons. The smallest absolute Gasteiger partial charge is 0.153 e. The van der Waals surface area contributed by atoms with Gasteiger partial charge < -0.3 is 13.9 Å². The second-order valence-corrected chi connectivity index (χ2v) is 19.0. The Labute approximate surface area is 382 Å². The van der Waals surface area contributed by atoms with E-state index in [1.807, 2.05) is 91.0 Å². The van der Waals surface area contributed by atoms with Crippen LogP contribution in [0.4, 0.5) is 0 Å². The molecule has 0 amide bonds. The highest BCUT2D eigenvalue weighted by atomic mass is 16.3. The minimum absolute atomic E-state index is 0.131. The molecule has 318 valence electrons. The van der Waals surface area contributed by atoms with Crippen LogP contribution < -0.4 is 0 Å². The van der Waals surface area contributed by atoms with Crippen LogP contribution in [0.1, 0.15) is 62.3 Å². The summed E-state index contributed by atoms with van der Waals surface area (Å²) < 4.78 is 40.8. The quantitative estimate of drug-likeness (QED) is 0.180. The number of hydrogen-bond donors (Lipinski definition) is 1. The summed E-state index contributed by atoms with van der Waals surface area (Å²) in [6.07, 6.45) is 1.62. The molecule has 7 aromatic carbocycles. The van der Waals surface area contributed by atoms with E-state index in [9.17, 15) is 5.11 Å². The number of pyridine rings is 1. The van der Waals surface area contributed by atoms with Crippen LogP contribution in [0.5, 0.6) is 5.75 Å². The fourth-order valence-electron chi connectivity index (χ4n) is 9.17. The zero-order chi connectivity index (χ0) is 47.3. The number of para-hydroxylation sites is 3. The maximum absolute atomic E-state index is 12.4. The second-order valence-electron chi connectivity index (χ2n) is 19.0. The molecule has 11 aromatic rings. The number of aryl methyl sites for hydroxylation is 1. The van der Waals surface area contributed by atoms with E-state index >= 15 is 0 Å². The third-order valence-electron chi connectivity index (χ3n) is 12.6.